The van der Waals surface area contributed by atoms with Gasteiger partial charge in [-0.3, -0.25) is 15.0 Å². The molecule has 284 valence electrons. The Balaban J connectivity index is 1.22. The molecule has 0 fully saturated rings. The maximum Gasteiger partial charge on any atom is 0.333 e. The van der Waals surface area contributed by atoms with Gasteiger partial charge in [0.25, 0.3) is 11.8 Å². The van der Waals surface area contributed by atoms with Crippen LogP contribution in [0.5, 0.6) is 23.0 Å². The average Bonchev–Trinajstić information content (AvgIpc) is 3.18. The van der Waals surface area contributed by atoms with Crippen LogP contribution in [0, 0.1) is 0 Å². The number of anilines is 2. The second-order valence-corrected chi connectivity index (χ2v) is 13.0. The van der Waals surface area contributed by atoms with Gasteiger partial charge in [0.2, 0.25) is 5.75 Å². The number of imide groups is 1. The van der Waals surface area contributed by atoms with Crippen molar-refractivity contribution in [1.82, 2.24) is 0 Å². The fourth-order valence-corrected chi connectivity index (χ4v) is 6.15. The Kier molecular flexibility index (Phi) is 14.1. The Hall–Kier alpha value is -5.84. The summed E-state index contributed by atoms with van der Waals surface area (Å²) in [7, 11) is 3.12. The molecule has 4 aromatic rings. The van der Waals surface area contributed by atoms with Crippen molar-refractivity contribution in [3.63, 3.8) is 0 Å². The van der Waals surface area contributed by atoms with Crippen LogP contribution in [-0.4, -0.2) is 58.0 Å². The minimum Gasteiger partial charge on any atom is -0.494 e. The molecule has 0 aliphatic carbocycles. The Labute approximate surface area is 316 Å². The molecule has 0 atom stereocenters. The van der Waals surface area contributed by atoms with Crippen LogP contribution in [0.4, 0.5) is 11.4 Å². The van der Waals surface area contributed by atoms with Gasteiger partial charge in [-0.2, -0.15) is 5.10 Å². The van der Waals surface area contributed by atoms with Crippen LogP contribution < -0.4 is 29.3 Å². The summed E-state index contributed by atoms with van der Waals surface area (Å²) in [5.74, 6) is 1.04. The van der Waals surface area contributed by atoms with Gasteiger partial charge in [0.05, 0.1) is 51.6 Å². The predicted molar refractivity (Wildman–Crippen MR) is 212 cm³/mol. The number of amides is 2. The van der Waals surface area contributed by atoms with E-state index in [1.54, 1.807) is 88.0 Å². The van der Waals surface area contributed by atoms with Crippen molar-refractivity contribution in [3.05, 3.63) is 95.6 Å². The second-order valence-electron chi connectivity index (χ2n) is 13.0. The number of ether oxygens (including phenoxy) is 5. The number of hydrogen-bond donors (Lipinski definition) is 1. The fraction of sp³-hybridized carbons (Fsp3) is 0.349. The van der Waals surface area contributed by atoms with Gasteiger partial charge < -0.3 is 23.7 Å². The number of nitrogens with zero attached hydrogens (tertiary/aromatic N) is 2. The first-order chi connectivity index (χ1) is 26.3. The smallest absolute Gasteiger partial charge is 0.333 e. The molecule has 0 aromatic heterocycles. The Bertz CT molecular complexity index is 1940. The number of benzene rings is 4. The minimum absolute atomic E-state index is 0.363. The molecule has 1 heterocycles. The lowest BCUT2D eigenvalue weighted by molar-refractivity contribution is -0.139. The van der Waals surface area contributed by atoms with Crippen molar-refractivity contribution in [2.24, 2.45) is 5.10 Å². The molecule has 0 radical (unpaired) electrons. The lowest BCUT2D eigenvalue weighted by atomic mass is 9.93. The molecule has 5 rings (SSSR count). The Morgan fingerprint density at radius 1 is 0.796 bits per heavy atom. The third kappa shape index (κ3) is 9.57. The molecule has 0 saturated heterocycles. The van der Waals surface area contributed by atoms with Crippen molar-refractivity contribution in [2.45, 2.75) is 65.2 Å². The molecule has 1 aliphatic rings. The summed E-state index contributed by atoms with van der Waals surface area (Å²) in [6.45, 7) is 8.85. The Morgan fingerprint density at radius 2 is 1.43 bits per heavy atom. The minimum atomic E-state index is -0.393. The molecule has 0 unspecified atom stereocenters. The molecule has 0 saturated carbocycles. The van der Waals surface area contributed by atoms with Crippen LogP contribution in [-0.2, 0) is 9.53 Å². The summed E-state index contributed by atoms with van der Waals surface area (Å²) in [6, 6.07) is 19.6. The van der Waals surface area contributed by atoms with E-state index in [9.17, 15) is 14.4 Å². The van der Waals surface area contributed by atoms with Crippen molar-refractivity contribution in [1.29, 1.82) is 0 Å². The first-order valence-electron chi connectivity index (χ1n) is 18.4. The number of esters is 1. The number of hydrogen-bond acceptors (Lipinski definition) is 10. The van der Waals surface area contributed by atoms with Crippen molar-refractivity contribution in [3.8, 4) is 23.0 Å². The molecule has 11 nitrogen and oxygen atoms in total. The summed E-state index contributed by atoms with van der Waals surface area (Å²) in [5, 5.41) is 5.74. The van der Waals surface area contributed by atoms with Crippen molar-refractivity contribution >= 4 is 46.1 Å². The largest absolute Gasteiger partial charge is 0.494 e. The first kappa shape index (κ1) is 39.4. The first-order valence-corrected chi connectivity index (χ1v) is 18.4. The normalized spacial score (nSPS) is 12.3. The van der Waals surface area contributed by atoms with E-state index < -0.39 is 11.8 Å². The van der Waals surface area contributed by atoms with E-state index in [1.807, 2.05) is 6.07 Å². The summed E-state index contributed by atoms with van der Waals surface area (Å²) < 4.78 is 28.3. The highest BCUT2D eigenvalue weighted by atomic mass is 16.5. The fourth-order valence-electron chi connectivity index (χ4n) is 6.15. The molecule has 0 bridgehead atoms. The molecule has 1 aliphatic heterocycles. The van der Waals surface area contributed by atoms with E-state index in [1.165, 1.54) is 11.3 Å². The maximum atomic E-state index is 13.8. The highest BCUT2D eigenvalue weighted by Gasteiger charge is 2.34. The topological polar surface area (TPSA) is 125 Å². The SMILES string of the molecule is C=C(C)C(=O)OCCCCCCOc1c(OC)cc(/C=N/Nc2ccc3c4c(cccc24)C(=O)N(c2ccc(OCCCCCC)cc2)C3=O)cc1OC. The summed E-state index contributed by atoms with van der Waals surface area (Å²) >= 11 is 0. The molecular formula is C43H49N3O8. The number of hydrazone groups is 1. The zero-order valence-corrected chi connectivity index (χ0v) is 31.6. The number of methoxy groups -OCH3 is 2. The summed E-state index contributed by atoms with van der Waals surface area (Å²) in [5.41, 5.74) is 6.16. The molecule has 4 aromatic carbocycles. The van der Waals surface area contributed by atoms with Crippen LogP contribution in [0.3, 0.4) is 0 Å². The van der Waals surface area contributed by atoms with E-state index in [4.69, 9.17) is 23.7 Å². The second kappa shape index (κ2) is 19.3. The molecule has 1 N–H and O–H groups in total. The van der Waals surface area contributed by atoms with Gasteiger partial charge in [-0.25, -0.2) is 9.69 Å². The lowest BCUT2D eigenvalue weighted by Gasteiger charge is -2.27. The third-order valence-corrected chi connectivity index (χ3v) is 9.02. The van der Waals surface area contributed by atoms with E-state index in [-0.39, 0.29) is 5.97 Å². The van der Waals surface area contributed by atoms with E-state index in [0.717, 1.165) is 44.9 Å². The number of carbonyl (C=O) groups excluding carboxylic acids is 3. The van der Waals surface area contributed by atoms with Gasteiger partial charge in [-0.05, 0) is 93.6 Å². The molecule has 2 amide bonds. The average molecular weight is 736 g/mol. The zero-order valence-electron chi connectivity index (χ0n) is 31.6. The molecule has 0 spiro atoms. The molecule has 54 heavy (non-hydrogen) atoms. The number of nitrogens with one attached hydrogen (secondary N) is 1. The summed E-state index contributed by atoms with van der Waals surface area (Å²) in [4.78, 5) is 40.3. The number of carbonyl (C=O) groups is 3. The van der Waals surface area contributed by atoms with Gasteiger partial charge in [-0.15, -0.1) is 0 Å². The van der Waals surface area contributed by atoms with Gasteiger partial charge in [0.15, 0.2) is 11.5 Å². The standard InChI is InChI=1S/C43H49N3O8/c1-6-7-8-11-23-52-32-19-17-31(18-20-32)46-41(47)34-16-14-15-33-36(22-21-35(39(33)34)42(46)48)45-44-28-30-26-37(50-4)40(38(27-30)51-5)53-24-12-9-10-13-25-54-43(49)29(2)3/h14-22,26-28,45H,2,6-13,23-25H2,1,3-5H3/b44-28+. The van der Waals surface area contributed by atoms with Gasteiger partial charge in [0, 0.05) is 33.0 Å². The van der Waals surface area contributed by atoms with Crippen LogP contribution in [0.25, 0.3) is 10.8 Å². The lowest BCUT2D eigenvalue weighted by Crippen LogP contribution is -2.40. The van der Waals surface area contributed by atoms with E-state index in [0.29, 0.717) is 87.2 Å². The van der Waals surface area contributed by atoms with E-state index in [2.05, 4.69) is 24.0 Å². The maximum absolute atomic E-state index is 13.8. The van der Waals surface area contributed by atoms with Gasteiger partial charge in [-0.1, -0.05) is 44.9 Å². The van der Waals surface area contributed by atoms with Crippen molar-refractivity contribution < 1.29 is 38.1 Å². The third-order valence-electron chi connectivity index (χ3n) is 9.02. The van der Waals surface area contributed by atoms with E-state index >= 15 is 0 Å². The molecule has 11 heteroatoms. The van der Waals surface area contributed by atoms with Crippen LogP contribution in [0.2, 0.25) is 0 Å². The quantitative estimate of drug-likeness (QED) is 0.0223. The van der Waals surface area contributed by atoms with Crippen LogP contribution in [0.15, 0.2) is 84.0 Å². The predicted octanol–water partition coefficient (Wildman–Crippen LogP) is 9.12. The zero-order chi connectivity index (χ0) is 38.5. The van der Waals surface area contributed by atoms with Gasteiger partial charge >= 0.3 is 5.97 Å². The van der Waals surface area contributed by atoms with Gasteiger partial charge in [0.1, 0.15) is 5.75 Å². The Morgan fingerprint density at radius 3 is 2.07 bits per heavy atom. The number of unbranched alkanes of at least 4 members (excludes halogenated alkanes) is 6. The highest BCUT2D eigenvalue weighted by Crippen LogP contribution is 2.39. The van der Waals surface area contributed by atoms with Crippen LogP contribution in [0.1, 0.15) is 91.5 Å². The highest BCUT2D eigenvalue weighted by molar-refractivity contribution is 6.36. The summed E-state index contributed by atoms with van der Waals surface area (Å²) in [6.07, 6.45) is 9.46. The monoisotopic (exact) mass is 735 g/mol. The molecular weight excluding hydrogens is 686 g/mol. The van der Waals surface area contributed by atoms with Crippen molar-refractivity contribution in [2.75, 3.05) is 44.4 Å². The van der Waals surface area contributed by atoms with Crippen LogP contribution >= 0.6 is 0 Å². The number of rotatable bonds is 21.